The maximum Gasteiger partial charge on any atom is 0.261 e. The van der Waals surface area contributed by atoms with Crippen LogP contribution in [0.5, 0.6) is 0 Å². The van der Waals surface area contributed by atoms with Gasteiger partial charge in [0.05, 0.1) is 4.90 Å². The van der Waals surface area contributed by atoms with Gasteiger partial charge in [0.2, 0.25) is 0 Å². The van der Waals surface area contributed by atoms with Crippen LogP contribution in [0.1, 0.15) is 43.1 Å². The molecular formula is C13H17Cl2NO3S. The van der Waals surface area contributed by atoms with Crippen molar-refractivity contribution < 1.29 is 13.2 Å². The number of carbonyl (C=O) groups is 1. The minimum absolute atomic E-state index is 0.147. The van der Waals surface area contributed by atoms with E-state index in [9.17, 15) is 13.2 Å². The summed E-state index contributed by atoms with van der Waals surface area (Å²) in [5, 5.41) is 3.00. The molecule has 0 saturated carbocycles. The van der Waals surface area contributed by atoms with Gasteiger partial charge in [-0.3, -0.25) is 4.79 Å². The molecule has 0 aliphatic heterocycles. The second-order valence-electron chi connectivity index (χ2n) is 5.21. The second kappa shape index (κ2) is 5.92. The number of amides is 1. The van der Waals surface area contributed by atoms with E-state index in [1.54, 1.807) is 0 Å². The molecular weight excluding hydrogens is 321 g/mol. The average Bonchev–Trinajstić information content (AvgIpc) is 2.30. The van der Waals surface area contributed by atoms with Gasteiger partial charge in [0.15, 0.2) is 0 Å². The van der Waals surface area contributed by atoms with Crippen LogP contribution in [0.25, 0.3) is 0 Å². The molecule has 0 aliphatic carbocycles. The van der Waals surface area contributed by atoms with Gasteiger partial charge in [-0.2, -0.15) is 0 Å². The van der Waals surface area contributed by atoms with E-state index in [2.05, 4.69) is 5.32 Å². The zero-order valence-corrected chi connectivity index (χ0v) is 14.1. The molecule has 112 valence electrons. The fraction of sp³-hybridized carbons (Fsp3) is 0.462. The minimum Gasteiger partial charge on any atom is -0.347 e. The number of hydrogen-bond acceptors (Lipinski definition) is 3. The first-order valence-electron chi connectivity index (χ1n) is 6.05. The Morgan fingerprint density at radius 1 is 1.35 bits per heavy atom. The highest BCUT2D eigenvalue weighted by Gasteiger charge is 2.23. The van der Waals surface area contributed by atoms with E-state index >= 15 is 0 Å². The number of halogens is 2. The molecule has 0 unspecified atom stereocenters. The third-order valence-corrected chi connectivity index (χ3v) is 5.00. The Morgan fingerprint density at radius 3 is 2.35 bits per heavy atom. The van der Waals surface area contributed by atoms with E-state index in [0.717, 1.165) is 6.42 Å². The zero-order chi connectivity index (χ0) is 15.7. The van der Waals surface area contributed by atoms with Gasteiger partial charge in [-0.15, -0.1) is 0 Å². The molecule has 1 amide bonds. The molecule has 1 aromatic rings. The van der Waals surface area contributed by atoms with E-state index in [1.807, 2.05) is 20.8 Å². The molecule has 0 atom stereocenters. The van der Waals surface area contributed by atoms with Gasteiger partial charge in [0.25, 0.3) is 15.0 Å². The van der Waals surface area contributed by atoms with Gasteiger partial charge in [0.1, 0.15) is 0 Å². The first-order chi connectivity index (χ1) is 8.98. The molecule has 1 rings (SSSR count). The van der Waals surface area contributed by atoms with Crippen LogP contribution in [0.2, 0.25) is 5.02 Å². The Balaban J connectivity index is 3.28. The number of carbonyl (C=O) groups excluding carboxylic acids is 1. The number of benzene rings is 1. The van der Waals surface area contributed by atoms with Crippen LogP contribution >= 0.6 is 22.3 Å². The van der Waals surface area contributed by atoms with Gasteiger partial charge in [-0.05, 0) is 44.9 Å². The van der Waals surface area contributed by atoms with Crippen molar-refractivity contribution in [2.45, 2.75) is 44.6 Å². The van der Waals surface area contributed by atoms with Crippen molar-refractivity contribution in [2.75, 3.05) is 0 Å². The molecule has 20 heavy (non-hydrogen) atoms. The molecule has 1 aromatic carbocycles. The van der Waals surface area contributed by atoms with Crippen LogP contribution in [0.3, 0.4) is 0 Å². The molecule has 0 bridgehead atoms. The molecule has 0 radical (unpaired) electrons. The SMILES string of the molecule is CCC(C)(C)NC(=O)c1cc(Cl)c(C)c(S(=O)(=O)Cl)c1. The van der Waals surface area contributed by atoms with Crippen LogP contribution in [0, 0.1) is 6.92 Å². The lowest BCUT2D eigenvalue weighted by Crippen LogP contribution is -2.42. The first kappa shape index (κ1) is 17.3. The molecule has 7 heteroatoms. The largest absolute Gasteiger partial charge is 0.347 e. The Bertz CT molecular complexity index is 639. The lowest BCUT2D eigenvalue weighted by atomic mass is 10.0. The number of hydrogen-bond donors (Lipinski definition) is 1. The molecule has 0 aromatic heterocycles. The van der Waals surface area contributed by atoms with Crippen molar-refractivity contribution >= 4 is 37.2 Å². The quantitative estimate of drug-likeness (QED) is 0.855. The van der Waals surface area contributed by atoms with Crippen molar-refractivity contribution in [1.82, 2.24) is 5.32 Å². The smallest absolute Gasteiger partial charge is 0.261 e. The molecule has 0 fully saturated rings. The van der Waals surface area contributed by atoms with Crippen LogP contribution in [-0.2, 0) is 9.05 Å². The Kier molecular flexibility index (Phi) is 5.11. The number of nitrogens with one attached hydrogen (secondary N) is 1. The molecule has 0 heterocycles. The molecule has 1 N–H and O–H groups in total. The summed E-state index contributed by atoms with van der Waals surface area (Å²) in [6.07, 6.45) is 0.735. The first-order valence-corrected chi connectivity index (χ1v) is 8.74. The second-order valence-corrected chi connectivity index (χ2v) is 8.15. The molecule has 0 aliphatic rings. The van der Waals surface area contributed by atoms with Crippen LogP contribution < -0.4 is 5.32 Å². The standard InChI is InChI=1S/C13H17Cl2NO3S/c1-5-13(3,4)16-12(17)9-6-10(14)8(2)11(7-9)20(15,18)19/h6-7H,5H2,1-4H3,(H,16,17). The summed E-state index contributed by atoms with van der Waals surface area (Å²) in [7, 11) is 1.40. The predicted molar refractivity (Wildman–Crippen MR) is 81.1 cm³/mol. The highest BCUT2D eigenvalue weighted by molar-refractivity contribution is 8.13. The predicted octanol–water partition coefficient (Wildman–Crippen LogP) is 3.49. The summed E-state index contributed by atoms with van der Waals surface area (Å²) in [4.78, 5) is 12.0. The van der Waals surface area contributed by atoms with E-state index in [0.29, 0.717) is 5.56 Å². The van der Waals surface area contributed by atoms with Crippen molar-refractivity contribution in [3.63, 3.8) is 0 Å². The Hall–Kier alpha value is -0.780. The maximum absolute atomic E-state index is 12.2. The van der Waals surface area contributed by atoms with Crippen LogP contribution in [0.4, 0.5) is 0 Å². The fourth-order valence-electron chi connectivity index (χ4n) is 1.51. The summed E-state index contributed by atoms with van der Waals surface area (Å²) >= 11 is 5.97. The lowest BCUT2D eigenvalue weighted by Gasteiger charge is -2.24. The third-order valence-electron chi connectivity index (χ3n) is 3.16. The number of rotatable bonds is 4. The van der Waals surface area contributed by atoms with Gasteiger partial charge in [0, 0.05) is 26.8 Å². The van der Waals surface area contributed by atoms with E-state index < -0.39 is 14.6 Å². The van der Waals surface area contributed by atoms with Crippen molar-refractivity contribution in [1.29, 1.82) is 0 Å². The summed E-state index contributed by atoms with van der Waals surface area (Å²) < 4.78 is 23.0. The van der Waals surface area contributed by atoms with Crippen molar-refractivity contribution in [3.8, 4) is 0 Å². The topological polar surface area (TPSA) is 63.2 Å². The van der Waals surface area contributed by atoms with Gasteiger partial charge >= 0.3 is 0 Å². The zero-order valence-electron chi connectivity index (χ0n) is 11.8. The van der Waals surface area contributed by atoms with Crippen molar-refractivity contribution in [3.05, 3.63) is 28.3 Å². The van der Waals surface area contributed by atoms with Gasteiger partial charge < -0.3 is 5.32 Å². The lowest BCUT2D eigenvalue weighted by molar-refractivity contribution is 0.0911. The summed E-state index contributed by atoms with van der Waals surface area (Å²) in [6, 6.07) is 2.67. The Morgan fingerprint density at radius 2 is 1.90 bits per heavy atom. The highest BCUT2D eigenvalue weighted by Crippen LogP contribution is 2.28. The summed E-state index contributed by atoms with van der Waals surface area (Å²) in [5.41, 5.74) is 0.100. The molecule has 0 saturated heterocycles. The van der Waals surface area contributed by atoms with E-state index in [4.69, 9.17) is 22.3 Å². The normalized spacial score (nSPS) is 12.3. The molecule has 0 spiro atoms. The maximum atomic E-state index is 12.2. The molecule has 4 nitrogen and oxygen atoms in total. The minimum atomic E-state index is -3.95. The fourth-order valence-corrected chi connectivity index (χ4v) is 3.01. The van der Waals surface area contributed by atoms with Gasteiger partial charge in [-0.25, -0.2) is 8.42 Å². The van der Waals surface area contributed by atoms with Crippen molar-refractivity contribution in [2.24, 2.45) is 0 Å². The average molecular weight is 338 g/mol. The monoisotopic (exact) mass is 337 g/mol. The van der Waals surface area contributed by atoms with Crippen LogP contribution in [-0.4, -0.2) is 19.9 Å². The summed E-state index contributed by atoms with van der Waals surface area (Å²) in [5.74, 6) is -0.389. The Labute approximate surface area is 128 Å². The summed E-state index contributed by atoms with van der Waals surface area (Å²) in [6.45, 7) is 7.23. The van der Waals surface area contributed by atoms with E-state index in [-0.39, 0.29) is 21.4 Å². The highest BCUT2D eigenvalue weighted by atomic mass is 35.7. The third kappa shape index (κ3) is 4.11. The van der Waals surface area contributed by atoms with Crippen LogP contribution in [0.15, 0.2) is 17.0 Å². The van der Waals surface area contributed by atoms with Gasteiger partial charge in [-0.1, -0.05) is 18.5 Å². The van der Waals surface area contributed by atoms with E-state index in [1.165, 1.54) is 19.1 Å².